The number of hydrogen-bond donors (Lipinski definition) is 2. The number of aliphatic hydroxyl groups excluding tert-OH is 1. The van der Waals surface area contributed by atoms with Crippen molar-refractivity contribution in [1.82, 2.24) is 9.97 Å². The van der Waals surface area contributed by atoms with Crippen LogP contribution in [0.1, 0.15) is 30.2 Å². The summed E-state index contributed by atoms with van der Waals surface area (Å²) >= 11 is 0. The van der Waals surface area contributed by atoms with Gasteiger partial charge in [0, 0.05) is 18.0 Å². The first-order chi connectivity index (χ1) is 10.8. The lowest BCUT2D eigenvalue weighted by atomic mass is 9.90. The highest BCUT2D eigenvalue weighted by atomic mass is 32.2. The third-order valence-electron chi connectivity index (χ3n) is 3.89. The number of nitrogens with one attached hydrogen (secondary N) is 1. The van der Waals surface area contributed by atoms with Crippen molar-refractivity contribution in [3.8, 4) is 11.8 Å². The molecule has 0 saturated heterocycles. The average Bonchev–Trinajstić information content (AvgIpc) is 3.02. The van der Waals surface area contributed by atoms with Crippen molar-refractivity contribution in [2.24, 2.45) is 0 Å². The molecule has 0 fully saturated rings. The fourth-order valence-electron chi connectivity index (χ4n) is 2.68. The predicted octanol–water partition coefficient (Wildman–Crippen LogP) is 1.33. The van der Waals surface area contributed by atoms with Gasteiger partial charge in [-0.15, -0.1) is 0 Å². The number of H-pyrrole nitrogens is 1. The number of nitrogens with zero attached hydrogens (tertiary/aromatic N) is 2. The number of hydrogen-bond acceptors (Lipinski definition) is 6. The Morgan fingerprint density at radius 1 is 1.43 bits per heavy atom. The Bertz CT molecular complexity index is 882. The van der Waals surface area contributed by atoms with E-state index in [0.29, 0.717) is 11.3 Å². The summed E-state index contributed by atoms with van der Waals surface area (Å²) in [5, 5.41) is 18.2. The minimum absolute atomic E-state index is 0.229. The van der Waals surface area contributed by atoms with Crippen LogP contribution >= 0.6 is 0 Å². The van der Waals surface area contributed by atoms with Gasteiger partial charge in [0.15, 0.2) is 0 Å². The second-order valence-electron chi connectivity index (χ2n) is 5.87. The monoisotopic (exact) mass is 333 g/mol. The Labute approximate surface area is 133 Å². The van der Waals surface area contributed by atoms with Crippen LogP contribution in [0.15, 0.2) is 35.7 Å². The predicted molar refractivity (Wildman–Crippen MR) is 80.4 cm³/mol. The molecule has 1 aliphatic heterocycles. The summed E-state index contributed by atoms with van der Waals surface area (Å²) in [4.78, 5) is 6.37. The summed E-state index contributed by atoms with van der Waals surface area (Å²) in [5.41, 5.74) is -0.558. The number of imidazole rings is 1. The third kappa shape index (κ3) is 2.38. The quantitative estimate of drug-likeness (QED) is 0.856. The number of aromatic nitrogens is 2. The Kier molecular flexibility index (Phi) is 3.43. The maximum absolute atomic E-state index is 12.9. The molecule has 1 aromatic carbocycles. The molecule has 8 heteroatoms. The molecule has 3 rings (SSSR count). The van der Waals surface area contributed by atoms with Gasteiger partial charge in [0.05, 0.1) is 11.6 Å². The van der Waals surface area contributed by atoms with E-state index in [-0.39, 0.29) is 10.7 Å². The molecule has 0 bridgehead atoms. The van der Waals surface area contributed by atoms with Crippen molar-refractivity contribution in [3.05, 3.63) is 41.7 Å². The Hall–Kier alpha value is -2.37. The first-order valence-corrected chi connectivity index (χ1v) is 8.46. The van der Waals surface area contributed by atoms with Crippen LogP contribution in [0, 0.1) is 11.3 Å². The van der Waals surface area contributed by atoms with Gasteiger partial charge in [0.25, 0.3) is 0 Å². The highest BCUT2D eigenvalue weighted by molar-refractivity contribution is 7.91. The lowest BCUT2D eigenvalue weighted by molar-refractivity contribution is -0.0445. The van der Waals surface area contributed by atoms with Crippen LogP contribution in [-0.2, 0) is 9.84 Å². The zero-order valence-electron chi connectivity index (χ0n) is 12.5. The van der Waals surface area contributed by atoms with Gasteiger partial charge in [0.1, 0.15) is 22.7 Å². The molecule has 1 aliphatic rings. The van der Waals surface area contributed by atoms with Crippen LogP contribution < -0.4 is 4.74 Å². The molecule has 2 atom stereocenters. The van der Waals surface area contributed by atoms with E-state index in [9.17, 15) is 13.5 Å². The molecule has 7 nitrogen and oxygen atoms in total. The number of sulfone groups is 1. The van der Waals surface area contributed by atoms with E-state index in [1.165, 1.54) is 18.5 Å². The van der Waals surface area contributed by atoms with Gasteiger partial charge in [-0.05, 0) is 32.0 Å². The van der Waals surface area contributed by atoms with Gasteiger partial charge < -0.3 is 14.8 Å². The topological polar surface area (TPSA) is 116 Å². The second kappa shape index (κ2) is 5.08. The minimum Gasteiger partial charge on any atom is -0.485 e. The van der Waals surface area contributed by atoms with Gasteiger partial charge in [-0.1, -0.05) is 0 Å². The minimum atomic E-state index is -3.98. The molecule has 2 heterocycles. The van der Waals surface area contributed by atoms with Gasteiger partial charge in [-0.2, -0.15) is 5.26 Å². The van der Waals surface area contributed by atoms with Crippen molar-refractivity contribution in [2.75, 3.05) is 0 Å². The van der Waals surface area contributed by atoms with Gasteiger partial charge in [-0.25, -0.2) is 13.4 Å². The summed E-state index contributed by atoms with van der Waals surface area (Å²) in [6, 6.07) is 6.49. The van der Waals surface area contributed by atoms with Crippen molar-refractivity contribution < 1.29 is 18.3 Å². The number of ether oxygens (including phenoxy) is 1. The number of nitriles is 1. The summed E-state index contributed by atoms with van der Waals surface area (Å²) in [7, 11) is -3.98. The summed E-state index contributed by atoms with van der Waals surface area (Å²) in [6.45, 7) is 3.23. The van der Waals surface area contributed by atoms with Gasteiger partial charge in [0.2, 0.25) is 15.0 Å². The standard InChI is InChI=1S/C15H15N3O4S/c1-15(2)13(19)12(23(20,21)14-17-5-6-18-14)10-7-9(8-16)3-4-11(10)22-15/h3-7,12-13,19H,1-2H3,(H,17,18)/t12-,13+/m1/s1. The largest absolute Gasteiger partial charge is 0.485 e. The van der Waals surface area contributed by atoms with E-state index in [1.807, 2.05) is 6.07 Å². The molecule has 120 valence electrons. The van der Waals surface area contributed by atoms with Crippen molar-refractivity contribution in [3.63, 3.8) is 0 Å². The molecule has 0 unspecified atom stereocenters. The lowest BCUT2D eigenvalue weighted by Gasteiger charge is -2.41. The van der Waals surface area contributed by atoms with Crippen LogP contribution in [0.4, 0.5) is 0 Å². The number of rotatable bonds is 2. The molecular formula is C15H15N3O4S. The fraction of sp³-hybridized carbons (Fsp3) is 0.333. The van der Waals surface area contributed by atoms with Crippen molar-refractivity contribution in [2.45, 2.75) is 36.0 Å². The maximum atomic E-state index is 12.9. The van der Waals surface area contributed by atoms with Crippen LogP contribution in [0.5, 0.6) is 5.75 Å². The highest BCUT2D eigenvalue weighted by Gasteiger charge is 2.50. The lowest BCUT2D eigenvalue weighted by Crippen LogP contribution is -2.50. The molecule has 0 aliphatic carbocycles. The molecule has 23 heavy (non-hydrogen) atoms. The van der Waals surface area contributed by atoms with Crippen LogP contribution in [-0.4, -0.2) is 35.2 Å². The molecule has 0 saturated carbocycles. The normalized spacial score (nSPS) is 22.7. The molecule has 0 amide bonds. The van der Waals surface area contributed by atoms with Gasteiger partial charge in [-0.3, -0.25) is 0 Å². The van der Waals surface area contributed by atoms with Crippen LogP contribution in [0.3, 0.4) is 0 Å². The average molecular weight is 333 g/mol. The number of benzene rings is 1. The van der Waals surface area contributed by atoms with Crippen LogP contribution in [0.25, 0.3) is 0 Å². The smallest absolute Gasteiger partial charge is 0.225 e. The third-order valence-corrected chi connectivity index (χ3v) is 5.84. The van der Waals surface area contributed by atoms with Gasteiger partial charge >= 0.3 is 0 Å². The van der Waals surface area contributed by atoms with E-state index < -0.39 is 26.8 Å². The maximum Gasteiger partial charge on any atom is 0.225 e. The highest BCUT2D eigenvalue weighted by Crippen LogP contribution is 2.45. The molecule has 0 spiro atoms. The van der Waals surface area contributed by atoms with Crippen molar-refractivity contribution in [1.29, 1.82) is 5.26 Å². The van der Waals surface area contributed by atoms with E-state index in [4.69, 9.17) is 10.00 Å². The molecule has 0 radical (unpaired) electrons. The first kappa shape index (κ1) is 15.5. The second-order valence-corrected chi connectivity index (χ2v) is 7.86. The Balaban J connectivity index is 2.25. The Morgan fingerprint density at radius 2 is 2.17 bits per heavy atom. The fourth-order valence-corrected chi connectivity index (χ4v) is 4.54. The number of fused-ring (bicyclic) bond motifs is 1. The molecule has 2 N–H and O–H groups in total. The zero-order chi connectivity index (χ0) is 16.8. The van der Waals surface area contributed by atoms with E-state index >= 15 is 0 Å². The van der Waals surface area contributed by atoms with Crippen LogP contribution in [0.2, 0.25) is 0 Å². The molecule has 1 aromatic heterocycles. The summed E-state index contributed by atoms with van der Waals surface area (Å²) in [6.07, 6.45) is 1.41. The summed E-state index contributed by atoms with van der Waals surface area (Å²) in [5.74, 6) is 0.333. The SMILES string of the molecule is CC1(C)Oc2ccc(C#N)cc2[C@@H](S(=O)(=O)c2ncc[nH]2)[C@@H]1O. The zero-order valence-corrected chi connectivity index (χ0v) is 13.3. The molecule has 2 aromatic rings. The Morgan fingerprint density at radius 3 is 2.78 bits per heavy atom. The number of aliphatic hydroxyl groups is 1. The summed E-state index contributed by atoms with van der Waals surface area (Å²) < 4.78 is 31.6. The van der Waals surface area contributed by atoms with E-state index in [2.05, 4.69) is 9.97 Å². The molecular weight excluding hydrogens is 318 g/mol. The first-order valence-electron chi connectivity index (χ1n) is 6.92. The number of aromatic amines is 1. The van der Waals surface area contributed by atoms with Crippen molar-refractivity contribution >= 4 is 9.84 Å². The van der Waals surface area contributed by atoms with E-state index in [1.54, 1.807) is 26.0 Å². The van der Waals surface area contributed by atoms with E-state index in [0.717, 1.165) is 0 Å².